The van der Waals surface area contributed by atoms with Crippen molar-refractivity contribution in [3.8, 4) is 0 Å². The van der Waals surface area contributed by atoms with Crippen molar-refractivity contribution in [1.29, 1.82) is 0 Å². The molecule has 1 unspecified atom stereocenters. The van der Waals surface area contributed by atoms with Crippen molar-refractivity contribution in [2.75, 3.05) is 13.2 Å². The van der Waals surface area contributed by atoms with Gasteiger partial charge < -0.3 is 14.2 Å². The summed E-state index contributed by atoms with van der Waals surface area (Å²) >= 11 is 0. The highest BCUT2D eigenvalue weighted by Crippen LogP contribution is 2.17. The molecule has 0 saturated heterocycles. The molecule has 0 heterocycles. The van der Waals surface area contributed by atoms with Crippen LogP contribution in [0.4, 0.5) is 0 Å². The van der Waals surface area contributed by atoms with E-state index in [0.29, 0.717) is 19.3 Å². The molecule has 0 aliphatic heterocycles. The van der Waals surface area contributed by atoms with E-state index in [0.717, 1.165) is 83.5 Å². The molecule has 408 valence electrons. The lowest BCUT2D eigenvalue weighted by molar-refractivity contribution is -0.167. The zero-order valence-corrected chi connectivity index (χ0v) is 46.8. The lowest BCUT2D eigenvalue weighted by Gasteiger charge is -2.18. The minimum atomic E-state index is -0.769. The molecule has 0 aliphatic carbocycles. The van der Waals surface area contributed by atoms with E-state index in [1.807, 2.05) is 0 Å². The summed E-state index contributed by atoms with van der Waals surface area (Å²) in [4.78, 5) is 38.1. The van der Waals surface area contributed by atoms with Gasteiger partial charge in [0.15, 0.2) is 6.10 Å². The van der Waals surface area contributed by atoms with Crippen LogP contribution in [0.5, 0.6) is 0 Å². The van der Waals surface area contributed by atoms with Gasteiger partial charge in [-0.1, -0.05) is 294 Å². The van der Waals surface area contributed by atoms with E-state index in [1.165, 1.54) is 199 Å². The molecule has 1 atom stereocenters. The third-order valence-electron chi connectivity index (χ3n) is 13.6. The van der Waals surface area contributed by atoms with Gasteiger partial charge in [-0.2, -0.15) is 0 Å². The molecule has 0 aliphatic rings. The van der Waals surface area contributed by atoms with Gasteiger partial charge in [0, 0.05) is 19.3 Å². The maximum absolute atomic E-state index is 12.9. The summed E-state index contributed by atoms with van der Waals surface area (Å²) in [7, 11) is 0. The highest BCUT2D eigenvalue weighted by Gasteiger charge is 2.19. The molecule has 0 saturated carbocycles. The summed E-state index contributed by atoms with van der Waals surface area (Å²) in [6.45, 7) is 6.56. The number of hydrogen-bond acceptors (Lipinski definition) is 6. The predicted molar refractivity (Wildman–Crippen MR) is 302 cm³/mol. The van der Waals surface area contributed by atoms with Gasteiger partial charge in [-0.25, -0.2) is 0 Å². The molecule has 0 radical (unpaired) electrons. The first-order valence-electron chi connectivity index (χ1n) is 30.6. The van der Waals surface area contributed by atoms with Gasteiger partial charge in [0.2, 0.25) is 0 Å². The number of hydrogen-bond donors (Lipinski definition) is 0. The minimum absolute atomic E-state index is 0.0681. The van der Waals surface area contributed by atoms with Gasteiger partial charge in [-0.05, 0) is 57.8 Å². The van der Waals surface area contributed by atoms with Crippen molar-refractivity contribution in [3.05, 3.63) is 48.6 Å². The largest absolute Gasteiger partial charge is 0.462 e. The number of rotatable bonds is 56. The molecule has 0 rings (SSSR count). The number of allylic oxidation sites excluding steroid dienone is 8. The Labute approximate surface area is 435 Å². The average molecular weight is 982 g/mol. The molecule has 6 nitrogen and oxygen atoms in total. The van der Waals surface area contributed by atoms with Crippen LogP contribution in [0.2, 0.25) is 0 Å². The van der Waals surface area contributed by atoms with Crippen molar-refractivity contribution in [3.63, 3.8) is 0 Å². The highest BCUT2D eigenvalue weighted by atomic mass is 16.6. The predicted octanol–water partition coefficient (Wildman–Crippen LogP) is 20.6. The van der Waals surface area contributed by atoms with Crippen LogP contribution in [-0.4, -0.2) is 37.2 Å². The molecule has 0 bridgehead atoms. The van der Waals surface area contributed by atoms with E-state index in [-0.39, 0.29) is 31.1 Å². The molecule has 0 aromatic rings. The van der Waals surface area contributed by atoms with Crippen LogP contribution in [0.3, 0.4) is 0 Å². The fourth-order valence-electron chi connectivity index (χ4n) is 9.02. The van der Waals surface area contributed by atoms with E-state index in [4.69, 9.17) is 14.2 Å². The number of carbonyl (C=O) groups excluding carboxylic acids is 3. The fraction of sp³-hybridized carbons (Fsp3) is 0.828. The second-order valence-corrected chi connectivity index (χ2v) is 20.6. The summed E-state index contributed by atoms with van der Waals surface area (Å²) in [6.07, 6.45) is 72.6. The quantitative estimate of drug-likeness (QED) is 0.0261. The summed E-state index contributed by atoms with van der Waals surface area (Å²) in [5, 5.41) is 0. The molecule has 6 heteroatoms. The number of unbranched alkanes of at least 4 members (excludes halogenated alkanes) is 37. The van der Waals surface area contributed by atoms with Crippen LogP contribution in [0.15, 0.2) is 48.6 Å². The second-order valence-electron chi connectivity index (χ2n) is 20.6. The van der Waals surface area contributed by atoms with Gasteiger partial charge in [0.25, 0.3) is 0 Å². The minimum Gasteiger partial charge on any atom is -0.462 e. The normalized spacial score (nSPS) is 12.3. The second kappa shape index (κ2) is 58.9. The van der Waals surface area contributed by atoms with Crippen molar-refractivity contribution < 1.29 is 28.6 Å². The van der Waals surface area contributed by atoms with Gasteiger partial charge in [0.05, 0.1) is 0 Å². The Morgan fingerprint density at radius 1 is 0.300 bits per heavy atom. The van der Waals surface area contributed by atoms with Crippen molar-refractivity contribution in [1.82, 2.24) is 0 Å². The molecular formula is C64H116O6. The van der Waals surface area contributed by atoms with Crippen LogP contribution in [-0.2, 0) is 28.6 Å². The summed E-state index contributed by atoms with van der Waals surface area (Å²) in [5.41, 5.74) is 0. The SMILES string of the molecule is CC/C=C\C/C=C\C/C=C\C/C=C\CCCCCCCCCCCCCCC(=O)OCC(COC(=O)CCCCCCCCCCCC)OC(=O)CCCCCCCCCCCCCCCCCCC. The summed E-state index contributed by atoms with van der Waals surface area (Å²) < 4.78 is 16.9. The van der Waals surface area contributed by atoms with Crippen LogP contribution in [0, 0.1) is 0 Å². The Balaban J connectivity index is 4.20. The zero-order chi connectivity index (χ0) is 50.7. The molecule has 0 aromatic heterocycles. The lowest BCUT2D eigenvalue weighted by atomic mass is 10.0. The summed E-state index contributed by atoms with van der Waals surface area (Å²) in [6, 6.07) is 0. The molecule has 70 heavy (non-hydrogen) atoms. The van der Waals surface area contributed by atoms with Gasteiger partial charge in [-0.3, -0.25) is 14.4 Å². The van der Waals surface area contributed by atoms with E-state index < -0.39 is 6.10 Å². The molecule has 0 N–H and O–H groups in total. The maximum atomic E-state index is 12.9. The Morgan fingerprint density at radius 2 is 0.557 bits per heavy atom. The lowest BCUT2D eigenvalue weighted by Crippen LogP contribution is -2.30. The molecule has 0 amide bonds. The van der Waals surface area contributed by atoms with Crippen molar-refractivity contribution in [2.45, 2.75) is 329 Å². The van der Waals surface area contributed by atoms with E-state index >= 15 is 0 Å². The Morgan fingerprint density at radius 3 is 0.871 bits per heavy atom. The van der Waals surface area contributed by atoms with Crippen molar-refractivity contribution in [2.24, 2.45) is 0 Å². The Kier molecular flexibility index (Phi) is 56.7. The standard InChI is InChI=1S/C64H116O6/c1-4-7-10-13-16-19-22-24-26-28-29-30-31-32-33-34-35-37-38-40-42-45-48-51-54-57-63(66)69-60-61(59-68-62(65)56-53-50-47-44-21-18-15-12-9-6-3)70-64(67)58-55-52-49-46-43-41-39-36-27-25-23-20-17-14-11-8-5-2/h7,10,16,19,24,26,29-30,61H,4-6,8-9,11-15,17-18,20-23,25,27-28,31-60H2,1-3H3/b10-7-,19-16-,26-24-,30-29-. The van der Waals surface area contributed by atoms with Gasteiger partial charge >= 0.3 is 17.9 Å². The van der Waals surface area contributed by atoms with Crippen LogP contribution < -0.4 is 0 Å². The summed E-state index contributed by atoms with van der Waals surface area (Å²) in [5.74, 6) is -0.852. The van der Waals surface area contributed by atoms with E-state index in [2.05, 4.69) is 69.4 Å². The van der Waals surface area contributed by atoms with Crippen LogP contribution >= 0.6 is 0 Å². The van der Waals surface area contributed by atoms with Crippen LogP contribution in [0.1, 0.15) is 323 Å². The molecular weight excluding hydrogens is 865 g/mol. The highest BCUT2D eigenvalue weighted by molar-refractivity contribution is 5.71. The smallest absolute Gasteiger partial charge is 0.306 e. The Bertz CT molecular complexity index is 1220. The third kappa shape index (κ3) is 56.3. The zero-order valence-electron chi connectivity index (χ0n) is 46.8. The number of esters is 3. The molecule has 0 aromatic carbocycles. The van der Waals surface area contributed by atoms with E-state index in [9.17, 15) is 14.4 Å². The monoisotopic (exact) mass is 981 g/mol. The first kappa shape index (κ1) is 67.4. The van der Waals surface area contributed by atoms with E-state index in [1.54, 1.807) is 0 Å². The maximum Gasteiger partial charge on any atom is 0.306 e. The number of carbonyl (C=O) groups is 3. The molecule has 0 fully saturated rings. The fourth-order valence-corrected chi connectivity index (χ4v) is 9.02. The Hall–Kier alpha value is -2.63. The van der Waals surface area contributed by atoms with Crippen LogP contribution in [0.25, 0.3) is 0 Å². The number of ether oxygens (including phenoxy) is 3. The van der Waals surface area contributed by atoms with Crippen molar-refractivity contribution >= 4 is 17.9 Å². The van der Waals surface area contributed by atoms with Gasteiger partial charge in [-0.15, -0.1) is 0 Å². The first-order chi connectivity index (χ1) is 34.5. The first-order valence-corrected chi connectivity index (χ1v) is 30.6. The third-order valence-corrected chi connectivity index (χ3v) is 13.6. The average Bonchev–Trinajstić information content (AvgIpc) is 3.36. The van der Waals surface area contributed by atoms with Gasteiger partial charge in [0.1, 0.15) is 13.2 Å². The topological polar surface area (TPSA) is 78.9 Å². The molecule has 0 spiro atoms.